The zero-order chi connectivity index (χ0) is 17.9. The van der Waals surface area contributed by atoms with E-state index in [-0.39, 0.29) is 25.5 Å². The molecule has 7 nitrogen and oxygen atoms in total. The predicted molar refractivity (Wildman–Crippen MR) is 98.1 cm³/mol. The molecule has 1 atom stereocenters. The summed E-state index contributed by atoms with van der Waals surface area (Å²) in [6.07, 6.45) is 1.17. The molecule has 2 aromatic rings. The monoisotopic (exact) mass is 369 g/mol. The minimum absolute atomic E-state index is 0. The predicted octanol–water partition coefficient (Wildman–Crippen LogP) is 2.74. The first-order valence-corrected chi connectivity index (χ1v) is 7.71. The molecule has 1 aromatic heterocycles. The Hall–Kier alpha value is -2.25. The van der Waals surface area contributed by atoms with E-state index in [4.69, 9.17) is 10.5 Å². The van der Waals surface area contributed by atoms with Crippen LogP contribution in [0.5, 0.6) is 0 Å². The van der Waals surface area contributed by atoms with Crippen LogP contribution in [0.25, 0.3) is 10.9 Å². The first-order chi connectivity index (χ1) is 11.2. The second kappa shape index (κ2) is 8.22. The van der Waals surface area contributed by atoms with Crippen molar-refractivity contribution in [3.05, 3.63) is 35.5 Å². The van der Waals surface area contributed by atoms with E-state index in [1.807, 2.05) is 18.2 Å². The van der Waals surface area contributed by atoms with Crippen molar-refractivity contribution in [2.45, 2.75) is 38.8 Å². The van der Waals surface area contributed by atoms with Gasteiger partial charge in [-0.25, -0.2) is 4.79 Å². The topological polar surface area (TPSA) is 117 Å². The van der Waals surface area contributed by atoms with E-state index in [0.717, 1.165) is 16.5 Å². The minimum atomic E-state index is -0.962. The molecule has 0 spiro atoms. The van der Waals surface area contributed by atoms with Crippen LogP contribution in [0.3, 0.4) is 0 Å². The lowest BCUT2D eigenvalue weighted by molar-refractivity contribution is -0.138. The highest BCUT2D eigenvalue weighted by atomic mass is 35.5. The second-order valence-corrected chi connectivity index (χ2v) is 6.61. The summed E-state index contributed by atoms with van der Waals surface area (Å²) in [7, 11) is 0. The number of hydrogen-bond donors (Lipinski definition) is 4. The zero-order valence-electron chi connectivity index (χ0n) is 14.5. The first kappa shape index (κ1) is 20.8. The van der Waals surface area contributed by atoms with Gasteiger partial charge in [0.05, 0.1) is 5.92 Å². The Morgan fingerprint density at radius 1 is 1.36 bits per heavy atom. The van der Waals surface area contributed by atoms with E-state index < -0.39 is 23.6 Å². The average Bonchev–Trinajstić information content (AvgIpc) is 2.87. The van der Waals surface area contributed by atoms with Gasteiger partial charge in [-0.3, -0.25) is 4.79 Å². The Morgan fingerprint density at radius 2 is 2.04 bits per heavy atom. The van der Waals surface area contributed by atoms with Crippen molar-refractivity contribution in [3.8, 4) is 0 Å². The number of hydrogen-bond acceptors (Lipinski definition) is 4. The molecule has 0 aliphatic rings. The van der Waals surface area contributed by atoms with Crippen LogP contribution in [0.4, 0.5) is 4.79 Å². The Kier molecular flexibility index (Phi) is 6.84. The van der Waals surface area contributed by atoms with E-state index >= 15 is 0 Å². The standard InChI is InChI=1S/C17H23N3O4.ClH/c1-17(2,3)24-16(23)20-8-10-4-5-14-11(6-10)13(9-19-14)12(7-18)15(21)22;/h4-6,9,12,19H,7-8,18H2,1-3H3,(H,20,23)(H,21,22);1H. The maximum absolute atomic E-state index is 11.7. The summed E-state index contributed by atoms with van der Waals surface area (Å²) >= 11 is 0. The number of nitrogens with two attached hydrogens (primary N) is 1. The third-order valence-corrected chi connectivity index (χ3v) is 3.52. The van der Waals surface area contributed by atoms with Crippen molar-refractivity contribution < 1.29 is 19.4 Å². The van der Waals surface area contributed by atoms with Crippen molar-refractivity contribution in [2.24, 2.45) is 5.73 Å². The van der Waals surface area contributed by atoms with Gasteiger partial charge in [-0.05, 0) is 44.0 Å². The lowest BCUT2D eigenvalue weighted by atomic mass is 9.98. The number of carboxylic acids is 1. The molecule has 2 rings (SSSR count). The number of amides is 1. The number of alkyl carbamates (subject to hydrolysis) is 1. The molecular weight excluding hydrogens is 346 g/mol. The summed E-state index contributed by atoms with van der Waals surface area (Å²) in [5, 5.41) is 12.8. The highest BCUT2D eigenvalue weighted by Crippen LogP contribution is 2.26. The molecule has 0 saturated carbocycles. The Labute approximate surface area is 152 Å². The molecule has 0 saturated heterocycles. The highest BCUT2D eigenvalue weighted by Gasteiger charge is 2.21. The number of nitrogens with one attached hydrogen (secondary N) is 2. The molecule has 25 heavy (non-hydrogen) atoms. The van der Waals surface area contributed by atoms with Gasteiger partial charge in [0.2, 0.25) is 0 Å². The van der Waals surface area contributed by atoms with Gasteiger partial charge in [0.1, 0.15) is 5.60 Å². The lowest BCUT2D eigenvalue weighted by Gasteiger charge is -2.19. The number of aromatic amines is 1. The molecular formula is C17H24ClN3O4. The van der Waals surface area contributed by atoms with Gasteiger partial charge in [0.15, 0.2) is 0 Å². The lowest BCUT2D eigenvalue weighted by Crippen LogP contribution is -2.32. The molecule has 5 N–H and O–H groups in total. The molecule has 0 radical (unpaired) electrons. The number of aliphatic carboxylic acids is 1. The van der Waals surface area contributed by atoms with E-state index in [1.165, 1.54) is 0 Å². The number of carbonyl (C=O) groups is 2. The summed E-state index contributed by atoms with van der Waals surface area (Å²) in [5.74, 6) is -1.73. The number of rotatable bonds is 5. The summed E-state index contributed by atoms with van der Waals surface area (Å²) < 4.78 is 5.19. The van der Waals surface area contributed by atoms with E-state index in [1.54, 1.807) is 27.0 Å². The van der Waals surface area contributed by atoms with Crippen LogP contribution in [-0.2, 0) is 16.1 Å². The van der Waals surface area contributed by atoms with Crippen molar-refractivity contribution in [1.82, 2.24) is 10.3 Å². The molecule has 0 aliphatic heterocycles. The number of H-pyrrole nitrogens is 1. The molecule has 0 aliphatic carbocycles. The smallest absolute Gasteiger partial charge is 0.407 e. The van der Waals surface area contributed by atoms with Gasteiger partial charge in [0.25, 0.3) is 0 Å². The third kappa shape index (κ3) is 5.37. The SMILES string of the molecule is CC(C)(C)OC(=O)NCc1ccc2[nH]cc(C(CN)C(=O)O)c2c1.Cl. The summed E-state index contributed by atoms with van der Waals surface area (Å²) in [5.41, 5.74) is 7.33. The molecule has 1 unspecified atom stereocenters. The van der Waals surface area contributed by atoms with E-state index in [0.29, 0.717) is 5.56 Å². The van der Waals surface area contributed by atoms with Crippen molar-refractivity contribution >= 4 is 35.4 Å². The average molecular weight is 370 g/mol. The minimum Gasteiger partial charge on any atom is -0.481 e. The molecule has 0 bridgehead atoms. The molecule has 1 amide bonds. The number of benzene rings is 1. The number of carboxylic acid groups (broad SMARTS) is 1. The van der Waals surface area contributed by atoms with Gasteiger partial charge < -0.3 is 25.9 Å². The van der Waals surface area contributed by atoms with Crippen molar-refractivity contribution in [1.29, 1.82) is 0 Å². The van der Waals surface area contributed by atoms with Gasteiger partial charge in [-0.2, -0.15) is 0 Å². The van der Waals surface area contributed by atoms with Crippen LogP contribution < -0.4 is 11.1 Å². The quantitative estimate of drug-likeness (QED) is 0.646. The van der Waals surface area contributed by atoms with Crippen LogP contribution in [0.1, 0.15) is 37.8 Å². The van der Waals surface area contributed by atoms with Gasteiger partial charge >= 0.3 is 12.1 Å². The fourth-order valence-electron chi connectivity index (χ4n) is 2.44. The Balaban J connectivity index is 0.00000312. The maximum atomic E-state index is 11.7. The fraction of sp³-hybridized carbons (Fsp3) is 0.412. The highest BCUT2D eigenvalue weighted by molar-refractivity contribution is 5.90. The number of ether oxygens (including phenoxy) is 1. The molecule has 1 heterocycles. The fourth-order valence-corrected chi connectivity index (χ4v) is 2.44. The number of aromatic nitrogens is 1. The van der Waals surface area contributed by atoms with Crippen molar-refractivity contribution in [3.63, 3.8) is 0 Å². The Bertz CT molecular complexity index is 752. The third-order valence-electron chi connectivity index (χ3n) is 3.52. The van der Waals surface area contributed by atoms with E-state index in [2.05, 4.69) is 10.3 Å². The van der Waals surface area contributed by atoms with Crippen molar-refractivity contribution in [2.75, 3.05) is 6.54 Å². The molecule has 8 heteroatoms. The number of fused-ring (bicyclic) bond motifs is 1. The molecule has 1 aromatic carbocycles. The number of halogens is 1. The molecule has 0 fully saturated rings. The number of carbonyl (C=O) groups excluding carboxylic acids is 1. The maximum Gasteiger partial charge on any atom is 0.407 e. The first-order valence-electron chi connectivity index (χ1n) is 7.71. The largest absolute Gasteiger partial charge is 0.481 e. The summed E-state index contributed by atoms with van der Waals surface area (Å²) in [6, 6.07) is 5.56. The zero-order valence-corrected chi connectivity index (χ0v) is 15.3. The van der Waals surface area contributed by atoms with Crippen LogP contribution in [0.2, 0.25) is 0 Å². The van der Waals surface area contributed by atoms with E-state index in [9.17, 15) is 14.7 Å². The molecule has 138 valence electrons. The van der Waals surface area contributed by atoms with Gasteiger partial charge in [0, 0.05) is 30.2 Å². The van der Waals surface area contributed by atoms with Crippen LogP contribution in [0, 0.1) is 0 Å². The van der Waals surface area contributed by atoms with Gasteiger partial charge in [-0.15, -0.1) is 12.4 Å². The second-order valence-electron chi connectivity index (χ2n) is 6.61. The summed E-state index contributed by atoms with van der Waals surface area (Å²) in [6.45, 7) is 5.69. The van der Waals surface area contributed by atoms with Crippen LogP contribution in [-0.4, -0.2) is 34.3 Å². The summed E-state index contributed by atoms with van der Waals surface area (Å²) in [4.78, 5) is 26.1. The Morgan fingerprint density at radius 3 is 2.60 bits per heavy atom. The van der Waals surface area contributed by atoms with Gasteiger partial charge in [-0.1, -0.05) is 6.07 Å². The van der Waals surface area contributed by atoms with Crippen LogP contribution >= 0.6 is 12.4 Å². The normalized spacial score (nSPS) is 12.3. The van der Waals surface area contributed by atoms with Crippen LogP contribution in [0.15, 0.2) is 24.4 Å².